The van der Waals surface area contributed by atoms with Gasteiger partial charge in [0.2, 0.25) is 0 Å². The van der Waals surface area contributed by atoms with Crippen molar-refractivity contribution >= 4 is 5.78 Å². The molecule has 0 spiro atoms. The van der Waals surface area contributed by atoms with Crippen molar-refractivity contribution in [2.45, 2.75) is 43.9 Å². The minimum atomic E-state index is -4.53. The lowest BCUT2D eigenvalue weighted by molar-refractivity contribution is -0.176. The van der Waals surface area contributed by atoms with Gasteiger partial charge in [-0.25, -0.2) is 0 Å². The summed E-state index contributed by atoms with van der Waals surface area (Å²) in [5.74, 6) is -1.41. The number of rotatable bonds is 5. The largest absolute Gasteiger partial charge is 0.404 e. The minimum absolute atomic E-state index is 0.202. The number of nitrogens with one attached hydrogen (secondary N) is 1. The van der Waals surface area contributed by atoms with Crippen LogP contribution in [0.3, 0.4) is 0 Å². The highest BCUT2D eigenvalue weighted by molar-refractivity contribution is 5.82. The topological polar surface area (TPSA) is 49.3 Å². The van der Waals surface area contributed by atoms with Gasteiger partial charge in [-0.2, -0.15) is 13.2 Å². The van der Waals surface area contributed by atoms with Crippen LogP contribution in [0.15, 0.2) is 30.3 Å². The summed E-state index contributed by atoms with van der Waals surface area (Å²) in [5.41, 5.74) is 0.572. The first kappa shape index (κ1) is 17.0. The zero-order valence-corrected chi connectivity index (χ0v) is 12.1. The molecule has 0 bridgehead atoms. The number of hydrogen-bond donors (Lipinski definition) is 2. The second-order valence-corrected chi connectivity index (χ2v) is 5.65. The number of carbonyl (C=O) groups is 1. The fourth-order valence-electron chi connectivity index (χ4n) is 2.96. The Kier molecular flexibility index (Phi) is 5.58. The number of aliphatic hydroxyl groups is 1. The van der Waals surface area contributed by atoms with Crippen LogP contribution >= 0.6 is 0 Å². The lowest BCUT2D eigenvalue weighted by Crippen LogP contribution is -2.52. The van der Waals surface area contributed by atoms with Crippen LogP contribution in [0.2, 0.25) is 0 Å². The van der Waals surface area contributed by atoms with E-state index in [-0.39, 0.29) is 18.6 Å². The molecule has 1 saturated carbocycles. The Balaban J connectivity index is 2.20. The van der Waals surface area contributed by atoms with Crippen LogP contribution in [-0.2, 0) is 4.79 Å². The number of aliphatic hydroxyl groups excluding tert-OH is 1. The van der Waals surface area contributed by atoms with Crippen LogP contribution < -0.4 is 5.32 Å². The standard InChI is InChI=1S/C16H20F3NO2/c17-16(18,19)15(12-8-4-5-9-14(12)22)20-13(10-21)11-6-2-1-3-7-11/h1-3,6-7,12-13,15,20-21H,4-5,8-10H2/t12-,13-,15+/m0/s1. The van der Waals surface area contributed by atoms with Gasteiger partial charge in [-0.3, -0.25) is 10.1 Å². The Hall–Kier alpha value is -1.40. The summed E-state index contributed by atoms with van der Waals surface area (Å²) in [7, 11) is 0. The molecule has 1 aliphatic carbocycles. The third-order valence-corrected chi connectivity index (χ3v) is 4.12. The van der Waals surface area contributed by atoms with Gasteiger partial charge < -0.3 is 5.11 Å². The number of alkyl halides is 3. The minimum Gasteiger partial charge on any atom is -0.394 e. The van der Waals surface area contributed by atoms with Gasteiger partial charge in [-0.1, -0.05) is 36.8 Å². The lowest BCUT2D eigenvalue weighted by atomic mass is 9.82. The van der Waals surface area contributed by atoms with Gasteiger partial charge in [0.1, 0.15) is 11.8 Å². The maximum Gasteiger partial charge on any atom is 0.404 e. The van der Waals surface area contributed by atoms with Crippen molar-refractivity contribution in [3.8, 4) is 0 Å². The molecule has 0 aromatic heterocycles. The van der Waals surface area contributed by atoms with E-state index in [0.717, 1.165) is 0 Å². The zero-order chi connectivity index (χ0) is 16.2. The number of hydrogen-bond acceptors (Lipinski definition) is 3. The normalized spacial score (nSPS) is 22.4. The lowest BCUT2D eigenvalue weighted by Gasteiger charge is -2.34. The van der Waals surface area contributed by atoms with E-state index in [1.54, 1.807) is 30.3 Å². The summed E-state index contributed by atoms with van der Waals surface area (Å²) in [6.07, 6.45) is -2.81. The second kappa shape index (κ2) is 7.24. The van der Waals surface area contributed by atoms with Gasteiger partial charge >= 0.3 is 6.18 Å². The summed E-state index contributed by atoms with van der Waals surface area (Å²) >= 11 is 0. The van der Waals surface area contributed by atoms with Gasteiger partial charge in [0.05, 0.1) is 12.6 Å². The number of Topliss-reactive ketones (excluding diaryl/α,β-unsaturated/α-hetero) is 1. The molecule has 0 aliphatic heterocycles. The Morgan fingerprint density at radius 3 is 2.45 bits per heavy atom. The number of halogens is 3. The van der Waals surface area contributed by atoms with E-state index in [0.29, 0.717) is 18.4 Å². The molecule has 0 unspecified atom stereocenters. The van der Waals surface area contributed by atoms with Gasteiger partial charge in [0.15, 0.2) is 0 Å². The maximum absolute atomic E-state index is 13.4. The summed E-state index contributed by atoms with van der Waals surface area (Å²) < 4.78 is 40.2. The highest BCUT2D eigenvalue weighted by Crippen LogP contribution is 2.34. The zero-order valence-electron chi connectivity index (χ0n) is 12.1. The maximum atomic E-state index is 13.4. The van der Waals surface area contributed by atoms with Crippen LogP contribution in [-0.4, -0.2) is 29.7 Å². The molecule has 2 N–H and O–H groups in total. The van der Waals surface area contributed by atoms with Gasteiger partial charge in [0, 0.05) is 12.3 Å². The van der Waals surface area contributed by atoms with Crippen LogP contribution in [0.25, 0.3) is 0 Å². The van der Waals surface area contributed by atoms with Crippen molar-refractivity contribution in [1.29, 1.82) is 0 Å². The molecule has 1 aromatic carbocycles. The first-order valence-corrected chi connectivity index (χ1v) is 7.44. The molecule has 3 atom stereocenters. The first-order valence-electron chi connectivity index (χ1n) is 7.44. The van der Waals surface area contributed by atoms with Crippen molar-refractivity contribution < 1.29 is 23.1 Å². The predicted octanol–water partition coefficient (Wildman–Crippen LogP) is 3.00. The highest BCUT2D eigenvalue weighted by atomic mass is 19.4. The highest BCUT2D eigenvalue weighted by Gasteiger charge is 2.48. The van der Waals surface area contributed by atoms with Crippen molar-refractivity contribution in [3.63, 3.8) is 0 Å². The predicted molar refractivity (Wildman–Crippen MR) is 76.2 cm³/mol. The van der Waals surface area contributed by atoms with Crippen LogP contribution in [0.1, 0.15) is 37.3 Å². The van der Waals surface area contributed by atoms with E-state index < -0.39 is 30.8 Å². The molecule has 0 heterocycles. The number of ketones is 1. The van der Waals surface area contributed by atoms with Crippen molar-refractivity contribution in [1.82, 2.24) is 5.32 Å². The average Bonchev–Trinajstić information content (AvgIpc) is 2.49. The van der Waals surface area contributed by atoms with E-state index in [1.807, 2.05) is 0 Å². The Bertz CT molecular complexity index is 490. The Morgan fingerprint density at radius 2 is 1.91 bits per heavy atom. The molecule has 6 heteroatoms. The molecule has 3 nitrogen and oxygen atoms in total. The van der Waals surface area contributed by atoms with Crippen LogP contribution in [0, 0.1) is 5.92 Å². The molecule has 0 amide bonds. The molecule has 22 heavy (non-hydrogen) atoms. The Morgan fingerprint density at radius 1 is 1.23 bits per heavy atom. The van der Waals surface area contributed by atoms with E-state index in [1.165, 1.54) is 0 Å². The quantitative estimate of drug-likeness (QED) is 0.878. The molecule has 1 fully saturated rings. The molecule has 122 valence electrons. The SMILES string of the molecule is O=C1CCCC[C@@H]1[C@@H](N[C@@H](CO)c1ccccc1)C(F)(F)F. The van der Waals surface area contributed by atoms with Crippen molar-refractivity contribution in [3.05, 3.63) is 35.9 Å². The van der Waals surface area contributed by atoms with Crippen molar-refractivity contribution in [2.75, 3.05) is 6.61 Å². The fourth-order valence-corrected chi connectivity index (χ4v) is 2.96. The third kappa shape index (κ3) is 4.08. The first-order chi connectivity index (χ1) is 10.4. The number of benzene rings is 1. The van der Waals surface area contributed by atoms with Gasteiger partial charge in [-0.15, -0.1) is 0 Å². The average molecular weight is 315 g/mol. The van der Waals surface area contributed by atoms with Gasteiger partial charge in [0.25, 0.3) is 0 Å². The summed E-state index contributed by atoms with van der Waals surface area (Å²) in [6, 6.07) is 5.71. The molecule has 1 aromatic rings. The van der Waals surface area contributed by atoms with E-state index in [9.17, 15) is 23.1 Å². The summed E-state index contributed by atoms with van der Waals surface area (Å²) in [6.45, 7) is -0.461. The molecule has 0 saturated heterocycles. The number of carbonyl (C=O) groups excluding carboxylic acids is 1. The summed E-state index contributed by atoms with van der Waals surface area (Å²) in [5, 5.41) is 11.9. The molecule has 2 rings (SSSR count). The summed E-state index contributed by atoms with van der Waals surface area (Å²) in [4.78, 5) is 11.9. The Labute approximate surface area is 127 Å². The second-order valence-electron chi connectivity index (χ2n) is 5.65. The van der Waals surface area contributed by atoms with E-state index >= 15 is 0 Å². The molecular weight excluding hydrogens is 295 g/mol. The monoisotopic (exact) mass is 315 g/mol. The molecular formula is C16H20F3NO2. The third-order valence-electron chi connectivity index (χ3n) is 4.12. The van der Waals surface area contributed by atoms with Crippen LogP contribution in [0.4, 0.5) is 13.2 Å². The van der Waals surface area contributed by atoms with E-state index in [4.69, 9.17) is 0 Å². The van der Waals surface area contributed by atoms with Gasteiger partial charge in [-0.05, 0) is 18.4 Å². The van der Waals surface area contributed by atoms with E-state index in [2.05, 4.69) is 5.32 Å². The molecule has 0 radical (unpaired) electrons. The smallest absolute Gasteiger partial charge is 0.394 e. The van der Waals surface area contributed by atoms with Crippen molar-refractivity contribution in [2.24, 2.45) is 5.92 Å². The molecule has 1 aliphatic rings. The van der Waals surface area contributed by atoms with Crippen LogP contribution in [0.5, 0.6) is 0 Å². The fraction of sp³-hybridized carbons (Fsp3) is 0.562.